The molecule has 0 spiro atoms. The van der Waals surface area contributed by atoms with E-state index in [9.17, 15) is 18.3 Å². The molecule has 4 heteroatoms. The van der Waals surface area contributed by atoms with E-state index < -0.39 is 31.5 Å². The monoisotopic (exact) mass is 212 g/mol. The quantitative estimate of drug-likeness (QED) is 0.688. The van der Waals surface area contributed by atoms with E-state index in [0.29, 0.717) is 12.3 Å². The molecule has 0 aromatic heterocycles. The van der Waals surface area contributed by atoms with E-state index in [2.05, 4.69) is 0 Å². The van der Waals surface area contributed by atoms with Crippen LogP contribution in [0.25, 0.3) is 0 Å². The van der Waals surface area contributed by atoms with Crippen molar-refractivity contribution < 1.29 is 18.3 Å². The van der Waals surface area contributed by atoms with Crippen LogP contribution in [0.2, 0.25) is 0 Å². The first-order valence-electron chi connectivity index (χ1n) is 4.88. The summed E-state index contributed by atoms with van der Waals surface area (Å²) in [5, 5.41) is 9.49. The third-order valence-corrected chi connectivity index (χ3v) is 2.52. The Bertz CT molecular complexity index is 138. The fraction of sp³-hybridized carbons (Fsp3) is 1.00. The normalized spacial score (nSPS) is 14.8. The Labute approximate surface area is 83.3 Å². The SMILES string of the molecule is CC(C)CC[C@@H](O)C(CF)(CF)CF. The number of hydrogen-bond acceptors (Lipinski definition) is 1. The van der Waals surface area contributed by atoms with Gasteiger partial charge < -0.3 is 5.11 Å². The van der Waals surface area contributed by atoms with Gasteiger partial charge in [0.1, 0.15) is 20.0 Å². The standard InChI is InChI=1S/C10H19F3O/c1-8(2)3-4-9(14)10(5-11,6-12)7-13/h8-9,14H,3-7H2,1-2H3/t9-/m1/s1. The van der Waals surface area contributed by atoms with Crippen LogP contribution in [0.4, 0.5) is 13.2 Å². The highest BCUT2D eigenvalue weighted by Gasteiger charge is 2.38. The smallest absolute Gasteiger partial charge is 0.103 e. The molecule has 0 aliphatic heterocycles. The van der Waals surface area contributed by atoms with Gasteiger partial charge in [-0.05, 0) is 18.8 Å². The zero-order valence-corrected chi connectivity index (χ0v) is 8.77. The molecule has 0 saturated heterocycles. The molecule has 1 nitrogen and oxygen atoms in total. The number of hydrogen-bond donors (Lipinski definition) is 1. The maximum Gasteiger partial charge on any atom is 0.103 e. The van der Waals surface area contributed by atoms with Crippen molar-refractivity contribution in [2.75, 3.05) is 20.0 Å². The highest BCUT2D eigenvalue weighted by atomic mass is 19.1. The van der Waals surface area contributed by atoms with Crippen molar-refractivity contribution in [2.24, 2.45) is 11.3 Å². The molecule has 14 heavy (non-hydrogen) atoms. The summed E-state index contributed by atoms with van der Waals surface area (Å²) in [5.41, 5.74) is -1.82. The molecule has 0 amide bonds. The van der Waals surface area contributed by atoms with Crippen LogP contribution in [-0.2, 0) is 0 Å². The number of alkyl halides is 3. The molecule has 0 aromatic carbocycles. The van der Waals surface area contributed by atoms with E-state index in [0.717, 1.165) is 0 Å². The Morgan fingerprint density at radius 1 is 1.00 bits per heavy atom. The lowest BCUT2D eigenvalue weighted by Gasteiger charge is -2.30. The second kappa shape index (κ2) is 6.27. The Balaban J connectivity index is 4.21. The van der Waals surface area contributed by atoms with Crippen LogP contribution in [0.1, 0.15) is 26.7 Å². The fourth-order valence-electron chi connectivity index (χ4n) is 1.17. The van der Waals surface area contributed by atoms with Gasteiger partial charge in [-0.25, -0.2) is 0 Å². The van der Waals surface area contributed by atoms with Gasteiger partial charge in [0.15, 0.2) is 0 Å². The Kier molecular flexibility index (Phi) is 6.16. The van der Waals surface area contributed by atoms with Gasteiger partial charge in [-0.15, -0.1) is 0 Å². The van der Waals surface area contributed by atoms with Gasteiger partial charge in [0.05, 0.1) is 11.5 Å². The van der Waals surface area contributed by atoms with Crippen molar-refractivity contribution in [1.29, 1.82) is 0 Å². The molecule has 0 unspecified atom stereocenters. The van der Waals surface area contributed by atoms with Crippen molar-refractivity contribution in [2.45, 2.75) is 32.8 Å². The van der Waals surface area contributed by atoms with Gasteiger partial charge >= 0.3 is 0 Å². The first kappa shape index (κ1) is 13.8. The molecule has 0 bridgehead atoms. The Morgan fingerprint density at radius 2 is 1.43 bits per heavy atom. The molecule has 0 fully saturated rings. The van der Waals surface area contributed by atoms with Crippen LogP contribution in [0.5, 0.6) is 0 Å². The maximum atomic E-state index is 12.4. The second-order valence-corrected chi connectivity index (χ2v) is 4.25. The van der Waals surface area contributed by atoms with Gasteiger partial charge in [0, 0.05) is 0 Å². The molecule has 0 radical (unpaired) electrons. The van der Waals surface area contributed by atoms with E-state index in [1.165, 1.54) is 0 Å². The molecule has 0 heterocycles. The molecule has 0 aliphatic carbocycles. The highest BCUT2D eigenvalue weighted by Crippen LogP contribution is 2.28. The van der Waals surface area contributed by atoms with E-state index in [1.807, 2.05) is 13.8 Å². The lowest BCUT2D eigenvalue weighted by molar-refractivity contribution is -0.0344. The molecular formula is C10H19F3O. The van der Waals surface area contributed by atoms with E-state index in [1.54, 1.807) is 0 Å². The number of halogens is 3. The third-order valence-electron chi connectivity index (χ3n) is 2.52. The maximum absolute atomic E-state index is 12.4. The van der Waals surface area contributed by atoms with E-state index in [-0.39, 0.29) is 6.42 Å². The van der Waals surface area contributed by atoms with Crippen LogP contribution < -0.4 is 0 Å². The van der Waals surface area contributed by atoms with E-state index in [4.69, 9.17) is 0 Å². The average molecular weight is 212 g/mol. The van der Waals surface area contributed by atoms with Crippen LogP contribution >= 0.6 is 0 Å². The molecule has 1 N–H and O–H groups in total. The summed E-state index contributed by atoms with van der Waals surface area (Å²) in [7, 11) is 0. The van der Waals surface area contributed by atoms with Crippen LogP contribution in [0.3, 0.4) is 0 Å². The molecular weight excluding hydrogens is 193 g/mol. The van der Waals surface area contributed by atoms with Crippen molar-refractivity contribution in [1.82, 2.24) is 0 Å². The minimum atomic E-state index is -1.82. The van der Waals surface area contributed by atoms with Gasteiger partial charge in [-0.2, -0.15) is 0 Å². The molecule has 0 aliphatic rings. The molecule has 0 saturated carbocycles. The lowest BCUT2D eigenvalue weighted by Crippen LogP contribution is -2.41. The average Bonchev–Trinajstić information content (AvgIpc) is 2.18. The van der Waals surface area contributed by atoms with Crippen LogP contribution in [-0.4, -0.2) is 31.2 Å². The topological polar surface area (TPSA) is 20.2 Å². The van der Waals surface area contributed by atoms with Gasteiger partial charge in [0.25, 0.3) is 0 Å². The summed E-state index contributed by atoms with van der Waals surface area (Å²) in [6.07, 6.45) is -0.344. The first-order chi connectivity index (χ1) is 6.52. The molecule has 1 atom stereocenters. The van der Waals surface area contributed by atoms with Crippen molar-refractivity contribution in [3.05, 3.63) is 0 Å². The lowest BCUT2D eigenvalue weighted by atomic mass is 9.83. The summed E-state index contributed by atoms with van der Waals surface area (Å²) in [6, 6.07) is 0. The third kappa shape index (κ3) is 3.48. The molecule has 0 aromatic rings. The van der Waals surface area contributed by atoms with Crippen LogP contribution in [0.15, 0.2) is 0 Å². The summed E-state index contributed by atoms with van der Waals surface area (Å²) in [6.45, 7) is 0.418. The minimum Gasteiger partial charge on any atom is -0.392 e. The summed E-state index contributed by atoms with van der Waals surface area (Å²) >= 11 is 0. The number of aliphatic hydroxyl groups is 1. The zero-order chi connectivity index (χ0) is 11.2. The summed E-state index contributed by atoms with van der Waals surface area (Å²) < 4.78 is 37.3. The van der Waals surface area contributed by atoms with Crippen LogP contribution in [0, 0.1) is 11.3 Å². The summed E-state index contributed by atoms with van der Waals surface area (Å²) in [4.78, 5) is 0. The molecule has 0 rings (SSSR count). The zero-order valence-electron chi connectivity index (χ0n) is 8.77. The van der Waals surface area contributed by atoms with Gasteiger partial charge in [-0.3, -0.25) is 13.2 Å². The number of rotatable bonds is 7. The fourth-order valence-corrected chi connectivity index (χ4v) is 1.17. The number of aliphatic hydroxyl groups excluding tert-OH is 1. The van der Waals surface area contributed by atoms with E-state index >= 15 is 0 Å². The first-order valence-corrected chi connectivity index (χ1v) is 4.88. The van der Waals surface area contributed by atoms with Crippen molar-refractivity contribution in [3.63, 3.8) is 0 Å². The summed E-state index contributed by atoms with van der Waals surface area (Å²) in [5.74, 6) is 0.334. The van der Waals surface area contributed by atoms with Gasteiger partial charge in [-0.1, -0.05) is 13.8 Å². The predicted octanol–water partition coefficient (Wildman–Crippen LogP) is 2.68. The van der Waals surface area contributed by atoms with Crippen molar-refractivity contribution >= 4 is 0 Å². The Hall–Kier alpha value is -0.250. The highest BCUT2D eigenvalue weighted by molar-refractivity contribution is 4.85. The second-order valence-electron chi connectivity index (χ2n) is 4.25. The molecule has 86 valence electrons. The largest absolute Gasteiger partial charge is 0.392 e. The minimum absolute atomic E-state index is 0.245. The Morgan fingerprint density at radius 3 is 1.71 bits per heavy atom. The van der Waals surface area contributed by atoms with Crippen molar-refractivity contribution in [3.8, 4) is 0 Å². The van der Waals surface area contributed by atoms with Gasteiger partial charge in [0.2, 0.25) is 0 Å². The predicted molar refractivity (Wildman–Crippen MR) is 50.4 cm³/mol.